The lowest BCUT2D eigenvalue weighted by atomic mass is 9.74. The second-order valence-electron chi connectivity index (χ2n) is 14.2. The lowest BCUT2D eigenvalue weighted by molar-refractivity contribution is -0.141. The van der Waals surface area contributed by atoms with Gasteiger partial charge in [-0.3, -0.25) is 24.2 Å². The Morgan fingerprint density at radius 3 is 1.61 bits per heavy atom. The number of rotatable bonds is 13. The first kappa shape index (κ1) is 39.9. The zero-order chi connectivity index (χ0) is 39.3. The van der Waals surface area contributed by atoms with Gasteiger partial charge in [0.2, 0.25) is 0 Å². The van der Waals surface area contributed by atoms with Gasteiger partial charge in [0.05, 0.1) is 52.7 Å². The number of fused-ring (bicyclic) bond motifs is 8. The molecule has 3 aromatic rings. The van der Waals surface area contributed by atoms with Gasteiger partial charge in [-0.2, -0.15) is 0 Å². The van der Waals surface area contributed by atoms with Gasteiger partial charge in [0.15, 0.2) is 0 Å². The molecule has 0 saturated heterocycles. The van der Waals surface area contributed by atoms with E-state index >= 15 is 0 Å². The van der Waals surface area contributed by atoms with Crippen LogP contribution >= 0.6 is 0 Å². The smallest absolute Gasteiger partial charge is 0.310 e. The van der Waals surface area contributed by atoms with Gasteiger partial charge in [-0.05, 0) is 97.2 Å². The molecule has 0 fully saturated rings. The molecular formula is C41H50N4O9. The molecular weight excluding hydrogens is 692 g/mol. The van der Waals surface area contributed by atoms with Crippen molar-refractivity contribution in [1.82, 2.24) is 19.9 Å². The van der Waals surface area contributed by atoms with Crippen LogP contribution in [0, 0.1) is 0 Å². The predicted molar refractivity (Wildman–Crippen MR) is 203 cm³/mol. The predicted octanol–water partition coefficient (Wildman–Crippen LogP) is 5.74. The highest BCUT2D eigenvalue weighted by Gasteiger charge is 2.39. The number of carbonyl (C=O) groups excluding carboxylic acids is 4. The Kier molecular flexibility index (Phi) is 12.4. The summed E-state index contributed by atoms with van der Waals surface area (Å²) in [5.41, 5.74) is 9.67. The first-order chi connectivity index (χ1) is 25.7. The van der Waals surface area contributed by atoms with Gasteiger partial charge in [0.25, 0.3) is 0 Å². The van der Waals surface area contributed by atoms with Crippen LogP contribution in [0.1, 0.15) is 104 Å². The summed E-state index contributed by atoms with van der Waals surface area (Å²) in [5.74, 6) is -1.80. The number of hydrogen-bond acceptors (Lipinski definition) is 11. The summed E-state index contributed by atoms with van der Waals surface area (Å²) >= 11 is 0. The Bertz CT molecular complexity index is 2160. The second-order valence-corrected chi connectivity index (χ2v) is 14.2. The largest absolute Gasteiger partial charge is 0.469 e. The zero-order valence-corrected chi connectivity index (χ0v) is 32.4. The van der Waals surface area contributed by atoms with E-state index in [1.54, 1.807) is 0 Å². The molecule has 5 heterocycles. The highest BCUT2D eigenvalue weighted by atomic mass is 16.5. The molecule has 0 amide bonds. The van der Waals surface area contributed by atoms with Crippen molar-refractivity contribution in [3.8, 4) is 0 Å². The fraction of sp³-hybridized carbons (Fsp3) is 0.463. The molecule has 1 atom stereocenters. The molecule has 5 rings (SSSR count). The van der Waals surface area contributed by atoms with Crippen LogP contribution in [0.25, 0.3) is 33.2 Å². The summed E-state index contributed by atoms with van der Waals surface area (Å²) < 4.78 is 20.2. The highest BCUT2D eigenvalue weighted by Crippen LogP contribution is 2.45. The molecule has 8 bridgehead atoms. The number of aromatic nitrogens is 4. The van der Waals surface area contributed by atoms with Crippen LogP contribution in [0.2, 0.25) is 0 Å². The Hall–Kier alpha value is -5.30. The third-order valence-electron chi connectivity index (χ3n) is 10.8. The third kappa shape index (κ3) is 8.25. The van der Waals surface area contributed by atoms with Gasteiger partial charge in [-0.25, -0.2) is 4.98 Å². The molecule has 54 heavy (non-hydrogen) atoms. The van der Waals surface area contributed by atoms with Crippen LogP contribution in [0.5, 0.6) is 0 Å². The van der Waals surface area contributed by atoms with Crippen LogP contribution < -0.4 is 0 Å². The second kappa shape index (κ2) is 16.8. The van der Waals surface area contributed by atoms with Crippen LogP contribution in [-0.2, 0) is 69.2 Å². The van der Waals surface area contributed by atoms with Crippen LogP contribution in [-0.4, -0.2) is 84.0 Å². The Morgan fingerprint density at radius 1 is 0.667 bits per heavy atom. The monoisotopic (exact) mass is 742 g/mol. The Morgan fingerprint density at radius 2 is 1.13 bits per heavy atom. The molecule has 0 aliphatic carbocycles. The van der Waals surface area contributed by atoms with Crippen molar-refractivity contribution in [2.24, 2.45) is 0 Å². The Labute approximate surface area is 314 Å². The quantitative estimate of drug-likeness (QED) is 0.143. The summed E-state index contributed by atoms with van der Waals surface area (Å²) in [7, 11) is 5.31. The maximum absolute atomic E-state index is 13.0. The molecule has 13 nitrogen and oxygen atoms in total. The van der Waals surface area contributed by atoms with E-state index in [0.29, 0.717) is 62.9 Å². The lowest BCUT2D eigenvalue weighted by Gasteiger charge is -2.27. The number of aliphatic hydroxyl groups is 1. The average molecular weight is 743 g/mol. The third-order valence-corrected chi connectivity index (χ3v) is 10.8. The van der Waals surface area contributed by atoms with Crippen LogP contribution in [0.4, 0.5) is 0 Å². The molecule has 0 saturated carbocycles. The topological polar surface area (TPSA) is 183 Å². The highest BCUT2D eigenvalue weighted by molar-refractivity contribution is 5.92. The molecule has 2 aliphatic heterocycles. The number of nitrogens with one attached hydrogen (secondary N) is 2. The van der Waals surface area contributed by atoms with Gasteiger partial charge in [0.1, 0.15) is 0 Å². The minimum atomic E-state index is -0.471. The van der Waals surface area contributed by atoms with E-state index in [1.807, 2.05) is 38.1 Å². The summed E-state index contributed by atoms with van der Waals surface area (Å²) in [5, 5.41) is 9.84. The molecule has 3 N–H and O–H groups in total. The normalized spacial score (nSPS) is 14.9. The molecule has 288 valence electrons. The summed E-state index contributed by atoms with van der Waals surface area (Å²) in [6.45, 7) is 8.31. The molecule has 0 aromatic carbocycles. The number of carbonyl (C=O) groups is 4. The van der Waals surface area contributed by atoms with Crippen LogP contribution in [0.3, 0.4) is 0 Å². The van der Waals surface area contributed by atoms with E-state index in [-0.39, 0.29) is 51.0 Å². The number of H-pyrrole nitrogens is 2. The molecule has 0 spiro atoms. The summed E-state index contributed by atoms with van der Waals surface area (Å²) in [6, 6.07) is 7.74. The van der Waals surface area contributed by atoms with Gasteiger partial charge in [-0.1, -0.05) is 13.8 Å². The minimum Gasteiger partial charge on any atom is -0.469 e. The number of aromatic amines is 2. The standard InChI is InChI=1S/C41H50N4O9/c1-22-23(2)30-19-35-28(10-9-15-46)41(3,4)36(45-35)21-34-27(17-40(50)54-8)25(12-14-38(48)52-6)32(44-34)20-31-24(11-13-37(47)51-5)26(16-39(49)53-7)33(43-31)18-29(22)42-30/h18-21,28,43-44,46H,9-17H2,1-8H3. The fourth-order valence-electron chi connectivity index (χ4n) is 7.39. The summed E-state index contributed by atoms with van der Waals surface area (Å²) in [6.07, 6.45) is 1.68. The van der Waals surface area contributed by atoms with Crippen molar-refractivity contribution in [3.63, 3.8) is 0 Å². The maximum atomic E-state index is 13.0. The van der Waals surface area contributed by atoms with Crippen molar-refractivity contribution in [2.75, 3.05) is 35.0 Å². The lowest BCUT2D eigenvalue weighted by Crippen LogP contribution is -2.22. The number of aliphatic hydroxyl groups excluding tert-OH is 1. The van der Waals surface area contributed by atoms with Crippen LogP contribution in [0.15, 0.2) is 24.3 Å². The van der Waals surface area contributed by atoms with Gasteiger partial charge >= 0.3 is 23.9 Å². The molecule has 2 aliphatic rings. The number of hydrogen-bond donors (Lipinski definition) is 3. The van der Waals surface area contributed by atoms with Crippen molar-refractivity contribution in [2.45, 2.75) is 90.4 Å². The molecule has 0 radical (unpaired) electrons. The zero-order valence-electron chi connectivity index (χ0n) is 32.4. The molecule has 13 heteroatoms. The first-order valence-corrected chi connectivity index (χ1v) is 18.1. The van der Waals surface area contributed by atoms with Gasteiger partial charge < -0.3 is 34.0 Å². The van der Waals surface area contributed by atoms with Crippen molar-refractivity contribution in [1.29, 1.82) is 0 Å². The van der Waals surface area contributed by atoms with E-state index < -0.39 is 29.3 Å². The number of ether oxygens (including phenoxy) is 4. The average Bonchev–Trinajstić information content (AvgIpc) is 3.80. The fourth-order valence-corrected chi connectivity index (χ4v) is 7.39. The first-order valence-electron chi connectivity index (χ1n) is 18.1. The van der Waals surface area contributed by atoms with Crippen molar-refractivity contribution < 1.29 is 43.2 Å². The van der Waals surface area contributed by atoms with Gasteiger partial charge in [-0.15, -0.1) is 0 Å². The SMILES string of the molecule is COC(=O)CCc1c(CC(=O)OC)c2cc3nc(cc4nc(cc5[nH]c(cc1[nH]2)c(CCC(=O)OC)c5CC(=O)OC)C(C)(C)C4CCCO)C(C)=C3C. The maximum Gasteiger partial charge on any atom is 0.310 e. The van der Waals surface area contributed by atoms with Crippen molar-refractivity contribution in [3.05, 3.63) is 69.3 Å². The van der Waals surface area contributed by atoms with E-state index in [1.165, 1.54) is 28.4 Å². The molecule has 3 aromatic heterocycles. The van der Waals surface area contributed by atoms with E-state index in [4.69, 9.17) is 28.9 Å². The Balaban J connectivity index is 2.00. The van der Waals surface area contributed by atoms with E-state index in [9.17, 15) is 24.3 Å². The number of methoxy groups -OCH3 is 4. The van der Waals surface area contributed by atoms with Crippen molar-refractivity contribution >= 4 is 57.1 Å². The molecule has 1 unspecified atom stereocenters. The minimum absolute atomic E-state index is 0.0426. The number of esters is 4. The summed E-state index contributed by atoms with van der Waals surface area (Å²) in [4.78, 5) is 68.1. The van der Waals surface area contributed by atoms with E-state index in [2.05, 4.69) is 23.8 Å². The number of nitrogens with zero attached hydrogens (tertiary/aromatic N) is 2. The van der Waals surface area contributed by atoms with E-state index in [0.717, 1.165) is 28.2 Å². The number of aryl methyl sites for hydroxylation is 2. The van der Waals surface area contributed by atoms with Gasteiger partial charge in [0, 0.05) is 64.2 Å². The number of allylic oxidation sites excluding steroid dienone is 2.